The van der Waals surface area contributed by atoms with E-state index in [4.69, 9.17) is 13.9 Å². The molecule has 2 N–H and O–H groups in total. The third-order valence-electron chi connectivity index (χ3n) is 4.39. The Kier molecular flexibility index (Phi) is 6.17. The van der Waals surface area contributed by atoms with Crippen molar-refractivity contribution in [3.63, 3.8) is 0 Å². The van der Waals surface area contributed by atoms with Crippen LogP contribution in [0.1, 0.15) is 26.3 Å². The highest BCUT2D eigenvalue weighted by Crippen LogP contribution is 2.27. The monoisotopic (exact) mass is 408 g/mol. The first-order valence-electron chi connectivity index (χ1n) is 8.97. The third kappa shape index (κ3) is 4.17. The van der Waals surface area contributed by atoms with Gasteiger partial charge in [0.25, 0.3) is 11.8 Å². The standard InChI is InChI=1S/C22H20N2O6/c1-4-6-13-7-5-8-14-11-16(22(27)30-19(13)14)21(26)24-23-20(25)15-9-10-17(28-2)18(12-15)29-3/h4-5,7-12H,1,6H2,2-3H3,(H,23,25)(H,24,26). The molecule has 2 aromatic carbocycles. The molecule has 0 aliphatic rings. The third-order valence-corrected chi connectivity index (χ3v) is 4.39. The summed E-state index contributed by atoms with van der Waals surface area (Å²) in [5, 5.41) is 0.588. The maximum atomic E-state index is 12.4. The zero-order chi connectivity index (χ0) is 21.7. The van der Waals surface area contributed by atoms with Crippen molar-refractivity contribution >= 4 is 22.8 Å². The second-order valence-corrected chi connectivity index (χ2v) is 6.25. The summed E-state index contributed by atoms with van der Waals surface area (Å²) in [5.74, 6) is -0.569. The van der Waals surface area contributed by atoms with Gasteiger partial charge in [-0.3, -0.25) is 20.4 Å². The van der Waals surface area contributed by atoms with Crippen LogP contribution in [0.15, 0.2) is 64.3 Å². The van der Waals surface area contributed by atoms with Crippen molar-refractivity contribution < 1.29 is 23.5 Å². The van der Waals surface area contributed by atoms with E-state index in [2.05, 4.69) is 17.4 Å². The summed E-state index contributed by atoms with van der Waals surface area (Å²) in [6, 6.07) is 11.3. The molecule has 0 fully saturated rings. The van der Waals surface area contributed by atoms with E-state index >= 15 is 0 Å². The van der Waals surface area contributed by atoms with Crippen molar-refractivity contribution in [2.24, 2.45) is 0 Å². The van der Waals surface area contributed by atoms with Crippen molar-refractivity contribution in [3.8, 4) is 11.5 Å². The highest BCUT2D eigenvalue weighted by atomic mass is 16.5. The number of amides is 2. The van der Waals surface area contributed by atoms with E-state index in [9.17, 15) is 14.4 Å². The van der Waals surface area contributed by atoms with Gasteiger partial charge in [-0.25, -0.2) is 4.79 Å². The molecule has 3 aromatic rings. The van der Waals surface area contributed by atoms with Gasteiger partial charge in [-0.15, -0.1) is 6.58 Å². The number of hydrazine groups is 1. The van der Waals surface area contributed by atoms with Crippen LogP contribution in [0.3, 0.4) is 0 Å². The minimum Gasteiger partial charge on any atom is -0.493 e. The first-order valence-corrected chi connectivity index (χ1v) is 8.97. The number of fused-ring (bicyclic) bond motifs is 1. The number of ether oxygens (including phenoxy) is 2. The van der Waals surface area contributed by atoms with E-state index in [1.807, 2.05) is 6.07 Å². The van der Waals surface area contributed by atoms with E-state index in [1.165, 1.54) is 32.4 Å². The number of hydrogen-bond donors (Lipinski definition) is 2. The van der Waals surface area contributed by atoms with Gasteiger partial charge in [0.1, 0.15) is 11.1 Å². The topological polar surface area (TPSA) is 107 Å². The predicted molar refractivity (Wildman–Crippen MR) is 111 cm³/mol. The molecule has 0 radical (unpaired) electrons. The highest BCUT2D eigenvalue weighted by molar-refractivity contribution is 6.00. The van der Waals surface area contributed by atoms with E-state index in [0.29, 0.717) is 28.9 Å². The van der Waals surface area contributed by atoms with E-state index in [1.54, 1.807) is 24.3 Å². The van der Waals surface area contributed by atoms with Gasteiger partial charge in [-0.05, 0) is 36.2 Å². The molecule has 1 heterocycles. The fraction of sp³-hybridized carbons (Fsp3) is 0.136. The summed E-state index contributed by atoms with van der Waals surface area (Å²) in [7, 11) is 2.92. The number of rotatable bonds is 6. The number of carbonyl (C=O) groups excluding carboxylic acids is 2. The Morgan fingerprint density at radius 3 is 2.47 bits per heavy atom. The molecule has 8 nitrogen and oxygen atoms in total. The van der Waals surface area contributed by atoms with Crippen LogP contribution >= 0.6 is 0 Å². The molecule has 3 rings (SSSR count). The van der Waals surface area contributed by atoms with Crippen molar-refractivity contribution in [2.75, 3.05) is 14.2 Å². The van der Waals surface area contributed by atoms with Gasteiger partial charge >= 0.3 is 5.63 Å². The SMILES string of the molecule is C=CCc1cccc2cc(C(=O)NNC(=O)c3ccc(OC)c(OC)c3)c(=O)oc12. The van der Waals surface area contributed by atoms with Gasteiger partial charge < -0.3 is 13.9 Å². The molecule has 0 bridgehead atoms. The van der Waals surface area contributed by atoms with Crippen LogP contribution in [-0.4, -0.2) is 26.0 Å². The smallest absolute Gasteiger partial charge is 0.349 e. The molecule has 0 spiro atoms. The van der Waals surface area contributed by atoms with Gasteiger partial charge in [-0.1, -0.05) is 24.3 Å². The van der Waals surface area contributed by atoms with Crippen LogP contribution in [0.2, 0.25) is 0 Å². The van der Waals surface area contributed by atoms with Crippen LogP contribution in [0.25, 0.3) is 11.0 Å². The number of allylic oxidation sites excluding steroid dienone is 1. The lowest BCUT2D eigenvalue weighted by Crippen LogP contribution is -2.43. The van der Waals surface area contributed by atoms with Gasteiger partial charge in [0.2, 0.25) is 0 Å². The van der Waals surface area contributed by atoms with Gasteiger partial charge in [-0.2, -0.15) is 0 Å². The van der Waals surface area contributed by atoms with E-state index in [0.717, 1.165) is 5.56 Å². The number of benzene rings is 2. The number of para-hydroxylation sites is 1. The number of methoxy groups -OCH3 is 2. The Balaban J connectivity index is 1.78. The molecule has 154 valence electrons. The quantitative estimate of drug-likeness (QED) is 0.369. The Morgan fingerprint density at radius 1 is 1.03 bits per heavy atom. The molecule has 0 saturated carbocycles. The Labute approximate surface area is 172 Å². The number of nitrogens with one attached hydrogen (secondary N) is 2. The summed E-state index contributed by atoms with van der Waals surface area (Å²) < 4.78 is 15.6. The van der Waals surface area contributed by atoms with Gasteiger partial charge in [0.15, 0.2) is 11.5 Å². The lowest BCUT2D eigenvalue weighted by Gasteiger charge is -2.11. The summed E-state index contributed by atoms with van der Waals surface area (Å²) >= 11 is 0. The molecular weight excluding hydrogens is 388 g/mol. The number of carbonyl (C=O) groups is 2. The van der Waals surface area contributed by atoms with Gasteiger partial charge in [0, 0.05) is 10.9 Å². The predicted octanol–water partition coefficient (Wildman–Crippen LogP) is 2.61. The maximum Gasteiger partial charge on any atom is 0.349 e. The molecule has 30 heavy (non-hydrogen) atoms. The molecule has 0 aliphatic heterocycles. The fourth-order valence-electron chi connectivity index (χ4n) is 2.91. The normalized spacial score (nSPS) is 10.3. The summed E-state index contributed by atoms with van der Waals surface area (Å²) in [5.41, 5.74) is 4.86. The average molecular weight is 408 g/mol. The molecule has 0 aliphatic carbocycles. The first-order chi connectivity index (χ1) is 14.5. The molecule has 1 aromatic heterocycles. The molecular formula is C22H20N2O6. The van der Waals surface area contributed by atoms with Crippen molar-refractivity contribution in [1.29, 1.82) is 0 Å². The molecule has 0 saturated heterocycles. The summed E-state index contributed by atoms with van der Waals surface area (Å²) in [6.45, 7) is 3.68. The van der Waals surface area contributed by atoms with Crippen LogP contribution in [0, 0.1) is 0 Å². The molecule has 2 amide bonds. The Hall–Kier alpha value is -4.07. The first kappa shape index (κ1) is 20.7. The fourth-order valence-corrected chi connectivity index (χ4v) is 2.91. The van der Waals surface area contributed by atoms with Crippen LogP contribution < -0.4 is 26.0 Å². The zero-order valence-corrected chi connectivity index (χ0v) is 16.5. The number of hydrogen-bond acceptors (Lipinski definition) is 6. The molecule has 0 atom stereocenters. The Morgan fingerprint density at radius 2 is 1.77 bits per heavy atom. The molecule has 0 unspecified atom stereocenters. The van der Waals surface area contributed by atoms with E-state index < -0.39 is 17.4 Å². The van der Waals surface area contributed by atoms with Crippen molar-refractivity contribution in [1.82, 2.24) is 10.9 Å². The minimum atomic E-state index is -0.808. The van der Waals surface area contributed by atoms with Crippen molar-refractivity contribution in [3.05, 3.63) is 82.2 Å². The second-order valence-electron chi connectivity index (χ2n) is 6.25. The lowest BCUT2D eigenvalue weighted by atomic mass is 10.1. The highest BCUT2D eigenvalue weighted by Gasteiger charge is 2.17. The minimum absolute atomic E-state index is 0.229. The summed E-state index contributed by atoms with van der Waals surface area (Å²) in [4.78, 5) is 37.1. The lowest BCUT2D eigenvalue weighted by molar-refractivity contribution is 0.0844. The average Bonchev–Trinajstić information content (AvgIpc) is 2.76. The van der Waals surface area contributed by atoms with E-state index in [-0.39, 0.29) is 11.1 Å². The zero-order valence-electron chi connectivity index (χ0n) is 16.5. The maximum absolute atomic E-state index is 12.4. The largest absolute Gasteiger partial charge is 0.493 e. The molecule has 8 heteroatoms. The van der Waals surface area contributed by atoms with Crippen LogP contribution in [0.5, 0.6) is 11.5 Å². The van der Waals surface area contributed by atoms with Crippen LogP contribution in [0.4, 0.5) is 0 Å². The Bertz CT molecular complexity index is 1180. The van der Waals surface area contributed by atoms with Gasteiger partial charge in [0.05, 0.1) is 14.2 Å². The van der Waals surface area contributed by atoms with Crippen molar-refractivity contribution in [2.45, 2.75) is 6.42 Å². The second kappa shape index (κ2) is 8.95. The van der Waals surface area contributed by atoms with Crippen LogP contribution in [-0.2, 0) is 6.42 Å². The summed E-state index contributed by atoms with van der Waals surface area (Å²) in [6.07, 6.45) is 2.21.